The molecule has 0 saturated heterocycles. The van der Waals surface area contributed by atoms with E-state index in [9.17, 15) is 4.79 Å². The maximum absolute atomic E-state index is 13.3. The van der Waals surface area contributed by atoms with Gasteiger partial charge in [-0.2, -0.15) is 0 Å². The summed E-state index contributed by atoms with van der Waals surface area (Å²) in [7, 11) is 3.56. The van der Waals surface area contributed by atoms with Crippen LogP contribution in [0, 0.1) is 0 Å². The second-order valence-corrected chi connectivity index (χ2v) is 7.50. The van der Waals surface area contributed by atoms with Crippen molar-refractivity contribution in [3.63, 3.8) is 0 Å². The van der Waals surface area contributed by atoms with Crippen molar-refractivity contribution in [3.8, 4) is 5.75 Å². The summed E-state index contributed by atoms with van der Waals surface area (Å²) in [5.41, 5.74) is 6.04. The number of ether oxygens (including phenoxy) is 1. The fourth-order valence-electron chi connectivity index (χ4n) is 4.05. The highest BCUT2D eigenvalue weighted by atomic mass is 16.5. The van der Waals surface area contributed by atoms with Gasteiger partial charge in [-0.05, 0) is 60.2 Å². The summed E-state index contributed by atoms with van der Waals surface area (Å²) in [5.74, 6) is 0.933. The Kier molecular flexibility index (Phi) is 5.34. The number of rotatable bonds is 5. The van der Waals surface area contributed by atoms with Gasteiger partial charge in [-0.15, -0.1) is 0 Å². The molecular weight excluding hydrogens is 360 g/mol. The summed E-state index contributed by atoms with van der Waals surface area (Å²) in [6.45, 7) is 2.84. The molecule has 0 unspecified atom stereocenters. The Labute approximate surface area is 171 Å². The van der Waals surface area contributed by atoms with Gasteiger partial charge in [0, 0.05) is 19.0 Å². The molecule has 1 aliphatic carbocycles. The molecule has 29 heavy (non-hydrogen) atoms. The summed E-state index contributed by atoms with van der Waals surface area (Å²) in [5, 5.41) is 0.949. The number of fused-ring (bicyclic) bond motifs is 2. The van der Waals surface area contributed by atoms with Gasteiger partial charge in [-0.25, -0.2) is 4.98 Å². The normalized spacial score (nSPS) is 14.2. The second kappa shape index (κ2) is 8.08. The fraction of sp³-hybridized carbons (Fsp3) is 0.280. The number of hydrogen-bond donors (Lipinski definition) is 0. The Bertz CT molecular complexity index is 1080. The van der Waals surface area contributed by atoms with E-state index < -0.39 is 0 Å². The molecule has 0 saturated carbocycles. The third-order valence-electron chi connectivity index (χ3n) is 5.52. The number of methoxy groups -OCH3 is 1. The molecule has 3 aromatic rings. The van der Waals surface area contributed by atoms with Crippen LogP contribution < -0.4 is 4.74 Å². The maximum Gasteiger partial charge on any atom is 0.254 e. The topological polar surface area (TPSA) is 42.4 Å². The number of para-hydroxylation sites is 1. The molecule has 4 nitrogen and oxygen atoms in total. The van der Waals surface area contributed by atoms with Gasteiger partial charge in [0.2, 0.25) is 0 Å². The van der Waals surface area contributed by atoms with Crippen molar-refractivity contribution in [2.75, 3.05) is 20.7 Å². The van der Waals surface area contributed by atoms with Crippen LogP contribution in [0.2, 0.25) is 0 Å². The van der Waals surface area contributed by atoms with E-state index in [-0.39, 0.29) is 5.91 Å². The molecule has 0 aliphatic heterocycles. The van der Waals surface area contributed by atoms with Crippen LogP contribution in [0.4, 0.5) is 0 Å². The first-order valence-electron chi connectivity index (χ1n) is 10.1. The van der Waals surface area contributed by atoms with E-state index in [2.05, 4.69) is 13.0 Å². The number of nitrogens with zero attached hydrogens (tertiary/aromatic N) is 2. The summed E-state index contributed by atoms with van der Waals surface area (Å²) >= 11 is 0. The molecule has 0 atom stereocenters. The number of allylic oxidation sites excluding steroid dienone is 1. The SMILES string of the molecule is CCCN(C)C(=O)c1c2c(nc3ccccc13)/C(=C\c1ccc(OC)cc1)CC2. The van der Waals surface area contributed by atoms with Crippen molar-refractivity contribution >= 4 is 28.5 Å². The average molecular weight is 386 g/mol. The van der Waals surface area contributed by atoms with Crippen molar-refractivity contribution in [3.05, 3.63) is 70.9 Å². The summed E-state index contributed by atoms with van der Waals surface area (Å²) in [6, 6.07) is 16.0. The monoisotopic (exact) mass is 386 g/mol. The van der Waals surface area contributed by atoms with Gasteiger partial charge in [0.15, 0.2) is 0 Å². The molecule has 0 radical (unpaired) electrons. The molecule has 2 aromatic carbocycles. The molecule has 1 heterocycles. The van der Waals surface area contributed by atoms with Crippen molar-refractivity contribution < 1.29 is 9.53 Å². The van der Waals surface area contributed by atoms with Gasteiger partial charge in [0.25, 0.3) is 5.91 Å². The van der Waals surface area contributed by atoms with E-state index in [1.54, 1.807) is 7.11 Å². The zero-order valence-electron chi connectivity index (χ0n) is 17.2. The molecule has 1 aromatic heterocycles. The van der Waals surface area contributed by atoms with Crippen LogP contribution in [0.1, 0.15) is 46.9 Å². The minimum atomic E-state index is 0.0902. The van der Waals surface area contributed by atoms with E-state index in [4.69, 9.17) is 9.72 Å². The predicted octanol–water partition coefficient (Wildman–Crippen LogP) is 5.21. The molecule has 4 heteroatoms. The molecule has 0 bridgehead atoms. The lowest BCUT2D eigenvalue weighted by atomic mass is 9.99. The Morgan fingerprint density at radius 1 is 1.14 bits per heavy atom. The average Bonchev–Trinajstić information content (AvgIpc) is 3.14. The number of benzene rings is 2. The van der Waals surface area contributed by atoms with Gasteiger partial charge < -0.3 is 9.64 Å². The van der Waals surface area contributed by atoms with Crippen LogP contribution in [0.25, 0.3) is 22.6 Å². The number of carbonyl (C=O) groups excluding carboxylic acids is 1. The minimum absolute atomic E-state index is 0.0902. The van der Waals surface area contributed by atoms with Crippen LogP contribution in [0.3, 0.4) is 0 Å². The Morgan fingerprint density at radius 2 is 1.90 bits per heavy atom. The first kappa shape index (κ1) is 19.2. The first-order valence-corrected chi connectivity index (χ1v) is 10.1. The largest absolute Gasteiger partial charge is 0.497 e. The van der Waals surface area contributed by atoms with Gasteiger partial charge >= 0.3 is 0 Å². The zero-order valence-corrected chi connectivity index (χ0v) is 17.2. The van der Waals surface area contributed by atoms with Crippen molar-refractivity contribution in [2.45, 2.75) is 26.2 Å². The minimum Gasteiger partial charge on any atom is -0.497 e. The molecule has 1 aliphatic rings. The number of hydrogen-bond acceptors (Lipinski definition) is 3. The van der Waals surface area contributed by atoms with Crippen LogP contribution in [-0.4, -0.2) is 36.5 Å². The lowest BCUT2D eigenvalue weighted by Gasteiger charge is -2.19. The molecule has 4 rings (SSSR count). The third-order valence-corrected chi connectivity index (χ3v) is 5.52. The summed E-state index contributed by atoms with van der Waals surface area (Å²) in [6.07, 6.45) is 4.85. The van der Waals surface area contributed by atoms with E-state index in [1.165, 1.54) is 5.57 Å². The van der Waals surface area contributed by atoms with Gasteiger partial charge in [0.1, 0.15) is 5.75 Å². The van der Waals surface area contributed by atoms with Crippen LogP contribution >= 0.6 is 0 Å². The highest BCUT2D eigenvalue weighted by molar-refractivity contribution is 6.09. The molecule has 0 N–H and O–H groups in total. The van der Waals surface area contributed by atoms with E-state index >= 15 is 0 Å². The van der Waals surface area contributed by atoms with Crippen molar-refractivity contribution in [1.29, 1.82) is 0 Å². The fourth-order valence-corrected chi connectivity index (χ4v) is 4.05. The first-order chi connectivity index (χ1) is 14.1. The van der Waals surface area contributed by atoms with Gasteiger partial charge in [-0.1, -0.05) is 37.3 Å². The van der Waals surface area contributed by atoms with Gasteiger partial charge in [-0.3, -0.25) is 4.79 Å². The standard InChI is InChI=1S/C25H26N2O2/c1-4-15-27(2)25(28)23-20-7-5-6-8-22(20)26-24-18(11-14-21(23)24)16-17-9-12-19(29-3)13-10-17/h5-10,12-13,16H,4,11,14-15H2,1-3H3/b18-16-. The number of carbonyl (C=O) groups is 1. The number of aromatic nitrogens is 1. The summed E-state index contributed by atoms with van der Waals surface area (Å²) < 4.78 is 5.25. The number of pyridine rings is 1. The predicted molar refractivity (Wildman–Crippen MR) is 118 cm³/mol. The molecule has 1 amide bonds. The summed E-state index contributed by atoms with van der Waals surface area (Å²) in [4.78, 5) is 20.1. The molecule has 148 valence electrons. The maximum atomic E-state index is 13.3. The highest BCUT2D eigenvalue weighted by Crippen LogP contribution is 2.38. The smallest absolute Gasteiger partial charge is 0.254 e. The van der Waals surface area contributed by atoms with E-state index in [0.717, 1.165) is 64.8 Å². The van der Waals surface area contributed by atoms with E-state index in [0.29, 0.717) is 0 Å². The van der Waals surface area contributed by atoms with E-state index in [1.807, 2.05) is 60.5 Å². The van der Waals surface area contributed by atoms with Crippen molar-refractivity contribution in [2.24, 2.45) is 0 Å². The lowest BCUT2D eigenvalue weighted by Crippen LogP contribution is -2.28. The number of amides is 1. The second-order valence-electron chi connectivity index (χ2n) is 7.50. The Morgan fingerprint density at radius 3 is 2.62 bits per heavy atom. The molecule has 0 fully saturated rings. The van der Waals surface area contributed by atoms with Crippen LogP contribution in [-0.2, 0) is 6.42 Å². The lowest BCUT2D eigenvalue weighted by molar-refractivity contribution is 0.0796. The van der Waals surface area contributed by atoms with Crippen LogP contribution in [0.15, 0.2) is 48.5 Å². The van der Waals surface area contributed by atoms with Crippen LogP contribution in [0.5, 0.6) is 5.75 Å². The zero-order chi connectivity index (χ0) is 20.4. The Balaban J connectivity index is 1.84. The quantitative estimate of drug-likeness (QED) is 0.604. The highest BCUT2D eigenvalue weighted by Gasteiger charge is 2.28. The molecular formula is C25H26N2O2. The van der Waals surface area contributed by atoms with Crippen molar-refractivity contribution in [1.82, 2.24) is 9.88 Å². The van der Waals surface area contributed by atoms with Gasteiger partial charge in [0.05, 0.1) is 23.9 Å². The third kappa shape index (κ3) is 3.63. The Hall–Kier alpha value is -3.14. The molecule has 0 spiro atoms.